The largest absolute Gasteiger partial charge is 0.508 e. The number of aromatic nitrogens is 4. The van der Waals surface area contributed by atoms with E-state index >= 15 is 0 Å². The van der Waals surface area contributed by atoms with Crippen LogP contribution in [0.15, 0.2) is 99.1 Å². The van der Waals surface area contributed by atoms with Gasteiger partial charge in [-0.05, 0) is 91.3 Å². The molecule has 0 unspecified atom stereocenters. The highest BCUT2D eigenvalue weighted by molar-refractivity contribution is 7.80. The summed E-state index contributed by atoms with van der Waals surface area (Å²) in [5, 5.41) is 42.2. The molecular weight excluding hydrogens is 835 g/mol. The molecule has 1 aliphatic heterocycles. The molecule has 1 atom stereocenters. The maximum atomic E-state index is 12.9. The number of hydrogen-bond acceptors (Lipinski definition) is 14. The zero-order valence-corrected chi connectivity index (χ0v) is 33.7. The first-order valence-corrected chi connectivity index (χ1v) is 19.7. The van der Waals surface area contributed by atoms with Crippen molar-refractivity contribution >= 4 is 80.4 Å². The first-order chi connectivity index (χ1) is 30.2. The zero-order valence-electron chi connectivity index (χ0n) is 32.9. The minimum atomic E-state index is -1.32. The number of anilines is 3. The van der Waals surface area contributed by atoms with Crippen molar-refractivity contribution in [3.63, 3.8) is 0 Å². The number of phenols is 1. The molecule has 320 valence electrons. The number of benzene rings is 4. The van der Waals surface area contributed by atoms with Crippen LogP contribution >= 0.6 is 12.2 Å². The minimum Gasteiger partial charge on any atom is -0.508 e. The second-order valence-corrected chi connectivity index (χ2v) is 14.6. The molecule has 19 nitrogen and oxygen atoms in total. The Labute approximate surface area is 360 Å². The Morgan fingerprint density at radius 1 is 0.889 bits per heavy atom. The number of rotatable bonds is 16. The molecule has 63 heavy (non-hydrogen) atoms. The number of aromatic amines is 1. The number of nitrogens with two attached hydrogens (primary N) is 1. The Morgan fingerprint density at radius 3 is 2.41 bits per heavy atom. The fourth-order valence-electron chi connectivity index (χ4n) is 6.75. The fraction of sp³-hybridized carbons (Fsp3) is 0.163. The summed E-state index contributed by atoms with van der Waals surface area (Å²) in [6.07, 6.45) is 1.68. The topological polar surface area (TPSA) is 305 Å². The lowest BCUT2D eigenvalue weighted by Gasteiger charge is -2.18. The average Bonchev–Trinajstić information content (AvgIpc) is 3.25. The number of carboxylic acid groups (broad SMARTS) is 2. The smallest absolute Gasteiger partial charge is 0.336 e. The Balaban J connectivity index is 0.874. The van der Waals surface area contributed by atoms with E-state index in [0.29, 0.717) is 45.6 Å². The summed E-state index contributed by atoms with van der Waals surface area (Å²) in [5.41, 5.74) is 8.01. The molecule has 5 aromatic rings. The molecule has 20 heteroatoms. The van der Waals surface area contributed by atoms with Gasteiger partial charge in [-0.25, -0.2) is 19.6 Å². The van der Waals surface area contributed by atoms with Gasteiger partial charge in [0.1, 0.15) is 28.9 Å². The van der Waals surface area contributed by atoms with Gasteiger partial charge in [-0.2, -0.15) is 4.98 Å². The van der Waals surface area contributed by atoms with Crippen molar-refractivity contribution < 1.29 is 38.9 Å². The third kappa shape index (κ3) is 10.2. The lowest BCUT2D eigenvalue weighted by atomic mass is 9.90. The molecule has 3 aromatic carbocycles. The van der Waals surface area contributed by atoms with E-state index in [1.54, 1.807) is 36.4 Å². The standard InChI is InChI=1S/C43H37N9O10S/c44-42-51-37-36(39(57)52-42)48-24(20-47-37)19-46-22-5-3-21(4-6-22)38(56)50-32(41(60)61)14-10-25(53)2-1-15-45-43(63)49-23-7-11-28(31(16-23)40(58)59)35-29-12-8-26(54)17-33(29)62-34-18-27(55)9-13-30(34)35/h3-9,11-13,16-18,20,32,46,54H,1-2,10,14-15,19H2,(H,50,56)(H,58,59)(H,60,61)(H2,45,49,63)(H3,44,47,51,52,57)/t32-/m0/s1. The van der Waals surface area contributed by atoms with E-state index in [9.17, 15) is 44.1 Å². The van der Waals surface area contributed by atoms with Gasteiger partial charge in [-0.3, -0.25) is 24.2 Å². The van der Waals surface area contributed by atoms with Gasteiger partial charge in [0.25, 0.3) is 11.5 Å². The predicted octanol–water partition coefficient (Wildman–Crippen LogP) is 4.49. The number of carboxylic acids is 2. The van der Waals surface area contributed by atoms with Gasteiger partial charge in [0.15, 0.2) is 21.7 Å². The number of thiocarbonyl (C=S) groups is 1. The van der Waals surface area contributed by atoms with Crippen LogP contribution in [-0.2, 0) is 16.1 Å². The van der Waals surface area contributed by atoms with Gasteiger partial charge in [0.05, 0.1) is 24.0 Å². The maximum absolute atomic E-state index is 12.9. The van der Waals surface area contributed by atoms with Gasteiger partial charge in [-0.15, -0.1) is 0 Å². The van der Waals surface area contributed by atoms with Gasteiger partial charge in [0, 0.05) is 65.0 Å². The van der Waals surface area contributed by atoms with Crippen LogP contribution in [0.4, 0.5) is 17.3 Å². The van der Waals surface area contributed by atoms with Crippen LogP contribution in [0.2, 0.25) is 0 Å². The molecule has 1 aliphatic carbocycles. The SMILES string of the molecule is Nc1nc2ncc(CNc3ccc(C(=O)N[C@@H](CCC(=O)CCCNC(=S)Nc4ccc(-c5c6ccc(=O)cc-6oc6cc(O)ccc56)c(C(=O)O)c4)C(=O)O)cc3)nc2c(=O)[nH]1. The third-order valence-electron chi connectivity index (χ3n) is 9.79. The molecule has 7 rings (SSSR count). The molecule has 2 aromatic heterocycles. The number of amides is 1. The van der Waals surface area contributed by atoms with Crippen LogP contribution in [0.3, 0.4) is 0 Å². The van der Waals surface area contributed by atoms with Crippen LogP contribution in [-0.4, -0.2) is 76.6 Å². The first-order valence-electron chi connectivity index (χ1n) is 19.3. The number of aromatic hydroxyl groups is 1. The number of fused-ring (bicyclic) bond motifs is 3. The van der Waals surface area contributed by atoms with Gasteiger partial charge in [-0.1, -0.05) is 6.07 Å². The van der Waals surface area contributed by atoms with Gasteiger partial charge >= 0.3 is 11.9 Å². The molecular formula is C43H37N9O10S. The Kier molecular flexibility index (Phi) is 12.6. The number of carbonyl (C=O) groups excluding carboxylic acids is 2. The van der Waals surface area contributed by atoms with Crippen molar-refractivity contribution in [1.82, 2.24) is 30.6 Å². The van der Waals surface area contributed by atoms with E-state index < -0.39 is 29.4 Å². The number of Topliss-reactive ketones (excluding diaryl/α,β-unsaturated/α-hetero) is 1. The second kappa shape index (κ2) is 18.6. The van der Waals surface area contributed by atoms with Crippen LogP contribution in [0.1, 0.15) is 52.1 Å². The summed E-state index contributed by atoms with van der Waals surface area (Å²) >= 11 is 5.41. The number of nitrogens with one attached hydrogen (secondary N) is 5. The Hall–Kier alpha value is -8.26. The first kappa shape index (κ1) is 42.8. The molecule has 0 bridgehead atoms. The van der Waals surface area contributed by atoms with Gasteiger partial charge < -0.3 is 46.7 Å². The number of nitrogen functional groups attached to an aromatic ring is 1. The lowest BCUT2D eigenvalue weighted by Crippen LogP contribution is -2.41. The van der Waals surface area contributed by atoms with Crippen LogP contribution in [0.25, 0.3) is 44.6 Å². The number of nitrogens with zero attached hydrogens (tertiary/aromatic N) is 3. The van der Waals surface area contributed by atoms with Crippen LogP contribution < -0.4 is 38.0 Å². The molecule has 3 heterocycles. The number of phenolic OH excluding ortho intramolecular Hbond substituents is 1. The van der Waals surface area contributed by atoms with E-state index in [0.717, 1.165) is 0 Å². The molecule has 0 saturated carbocycles. The fourth-order valence-corrected chi connectivity index (χ4v) is 6.97. The van der Waals surface area contributed by atoms with Gasteiger partial charge in [0.2, 0.25) is 5.95 Å². The Bertz CT molecular complexity index is 3030. The molecule has 0 fully saturated rings. The van der Waals surface area contributed by atoms with Crippen molar-refractivity contribution in [3.8, 4) is 28.2 Å². The molecule has 0 spiro atoms. The summed E-state index contributed by atoms with van der Waals surface area (Å²) in [6.45, 7) is 0.469. The van der Waals surface area contributed by atoms with E-state index in [1.807, 2.05) is 0 Å². The average molecular weight is 872 g/mol. The number of H-pyrrole nitrogens is 1. The number of aromatic carboxylic acids is 1. The van der Waals surface area contributed by atoms with Crippen molar-refractivity contribution in [2.24, 2.45) is 0 Å². The number of aliphatic carboxylic acids is 1. The van der Waals surface area contributed by atoms with E-state index in [4.69, 9.17) is 22.4 Å². The van der Waals surface area contributed by atoms with Crippen LogP contribution in [0.5, 0.6) is 5.75 Å². The minimum absolute atomic E-state index is 0.0360. The molecule has 0 saturated heterocycles. The number of ketones is 1. The van der Waals surface area contributed by atoms with Crippen molar-refractivity contribution in [3.05, 3.63) is 122 Å². The third-order valence-corrected chi connectivity index (χ3v) is 10.0. The highest BCUT2D eigenvalue weighted by Gasteiger charge is 2.24. The summed E-state index contributed by atoms with van der Waals surface area (Å²) in [4.78, 5) is 89.1. The van der Waals surface area contributed by atoms with E-state index in [-0.39, 0.29) is 94.0 Å². The van der Waals surface area contributed by atoms with E-state index in [1.165, 1.54) is 48.7 Å². The highest BCUT2D eigenvalue weighted by Crippen LogP contribution is 2.42. The van der Waals surface area contributed by atoms with Crippen LogP contribution in [0, 0.1) is 0 Å². The monoisotopic (exact) mass is 871 g/mol. The Morgan fingerprint density at radius 2 is 1.65 bits per heavy atom. The summed E-state index contributed by atoms with van der Waals surface area (Å²) < 4.78 is 5.88. The zero-order chi connectivity index (χ0) is 44.8. The normalized spacial score (nSPS) is 11.6. The second-order valence-electron chi connectivity index (χ2n) is 14.2. The van der Waals surface area contributed by atoms with Crippen molar-refractivity contribution in [2.45, 2.75) is 38.3 Å². The van der Waals surface area contributed by atoms with E-state index in [2.05, 4.69) is 41.2 Å². The number of carbonyl (C=O) groups is 4. The number of hydrogen-bond donors (Lipinski definition) is 9. The molecule has 1 amide bonds. The molecule has 0 radical (unpaired) electrons. The predicted molar refractivity (Wildman–Crippen MR) is 236 cm³/mol. The molecule has 2 aliphatic rings. The maximum Gasteiger partial charge on any atom is 0.336 e. The lowest BCUT2D eigenvalue weighted by molar-refractivity contribution is -0.139. The van der Waals surface area contributed by atoms with Crippen molar-refractivity contribution in [1.29, 1.82) is 0 Å². The summed E-state index contributed by atoms with van der Waals surface area (Å²) in [7, 11) is 0. The van der Waals surface area contributed by atoms with Crippen molar-refractivity contribution in [2.75, 3.05) is 22.9 Å². The molecule has 10 N–H and O–H groups in total. The summed E-state index contributed by atoms with van der Waals surface area (Å²) in [6, 6.07) is 18.2. The summed E-state index contributed by atoms with van der Waals surface area (Å²) in [5.74, 6) is -3.29. The highest BCUT2D eigenvalue weighted by atomic mass is 32.1. The quantitative estimate of drug-likeness (QED) is 0.0367.